The van der Waals surface area contributed by atoms with Gasteiger partial charge in [-0.25, -0.2) is 4.98 Å². The van der Waals surface area contributed by atoms with E-state index in [1.54, 1.807) is 4.57 Å². The van der Waals surface area contributed by atoms with Gasteiger partial charge in [0, 0.05) is 43.4 Å². The molecule has 0 aliphatic rings. The molecular formula is C27H29ClF3N3O4. The molecule has 2 aromatic carbocycles. The van der Waals surface area contributed by atoms with Crippen molar-refractivity contribution < 1.29 is 32.6 Å². The first-order valence-electron chi connectivity index (χ1n) is 12.0. The number of ether oxygens (including phenoxy) is 1. The number of aromatic nitrogens is 2. The highest BCUT2D eigenvalue weighted by Crippen LogP contribution is 2.31. The number of nitrogens with zero attached hydrogens (tertiary/aromatic N) is 2. The summed E-state index contributed by atoms with van der Waals surface area (Å²) in [6, 6.07) is 10.9. The molecule has 0 bridgehead atoms. The number of aryl methyl sites for hydroxylation is 1. The number of aliphatic hydroxyl groups excluding tert-OH is 1. The summed E-state index contributed by atoms with van der Waals surface area (Å²) in [4.78, 5) is 29.1. The molecule has 11 heteroatoms. The predicted molar refractivity (Wildman–Crippen MR) is 138 cm³/mol. The molecule has 0 radical (unpaired) electrons. The fourth-order valence-electron chi connectivity index (χ4n) is 3.82. The number of nitrogens with one attached hydrogen (secondary N) is 1. The van der Waals surface area contributed by atoms with Gasteiger partial charge in [0.1, 0.15) is 5.75 Å². The van der Waals surface area contributed by atoms with Crippen LogP contribution in [0.2, 0.25) is 5.02 Å². The third kappa shape index (κ3) is 7.35. The fourth-order valence-corrected chi connectivity index (χ4v) is 4.04. The maximum atomic E-state index is 12.8. The molecular weight excluding hydrogens is 523 g/mol. The van der Waals surface area contributed by atoms with Gasteiger partial charge in [-0.3, -0.25) is 9.59 Å². The van der Waals surface area contributed by atoms with Crippen molar-refractivity contribution in [2.45, 2.75) is 58.5 Å². The van der Waals surface area contributed by atoms with Gasteiger partial charge < -0.3 is 19.7 Å². The molecule has 1 aromatic heterocycles. The Morgan fingerprint density at radius 3 is 2.39 bits per heavy atom. The molecule has 2 N–H and O–H groups in total. The van der Waals surface area contributed by atoms with E-state index in [1.165, 1.54) is 25.1 Å². The van der Waals surface area contributed by atoms with Crippen LogP contribution in [0.3, 0.4) is 0 Å². The van der Waals surface area contributed by atoms with E-state index in [9.17, 15) is 27.9 Å². The van der Waals surface area contributed by atoms with Crippen molar-refractivity contribution in [1.82, 2.24) is 14.9 Å². The molecule has 1 amide bonds. The number of rotatable bonds is 11. The molecule has 0 aliphatic heterocycles. The van der Waals surface area contributed by atoms with Crippen molar-refractivity contribution in [3.8, 4) is 17.0 Å². The second-order valence-corrected chi connectivity index (χ2v) is 9.23. The normalized spacial score (nSPS) is 13.2. The highest BCUT2D eigenvalue weighted by atomic mass is 35.5. The van der Waals surface area contributed by atoms with Crippen LogP contribution in [0.5, 0.6) is 5.75 Å². The minimum atomic E-state index is -4.55. The van der Waals surface area contributed by atoms with Gasteiger partial charge in [0.25, 0.3) is 5.91 Å². The average Bonchev–Trinajstić information content (AvgIpc) is 3.30. The Kier molecular flexibility index (Phi) is 9.56. The van der Waals surface area contributed by atoms with E-state index in [-0.39, 0.29) is 35.1 Å². The van der Waals surface area contributed by atoms with Gasteiger partial charge in [-0.15, -0.1) is 0 Å². The Hall–Kier alpha value is -3.37. The average molecular weight is 552 g/mol. The predicted octanol–water partition coefficient (Wildman–Crippen LogP) is 5.48. The monoisotopic (exact) mass is 551 g/mol. The second-order valence-electron chi connectivity index (χ2n) is 8.82. The summed E-state index contributed by atoms with van der Waals surface area (Å²) < 4.78 is 45.0. The van der Waals surface area contributed by atoms with Gasteiger partial charge in [-0.05, 0) is 50.5 Å². The zero-order chi connectivity index (χ0) is 28.0. The number of ketones is 1. The molecule has 3 aromatic rings. The van der Waals surface area contributed by atoms with Crippen LogP contribution in [0.25, 0.3) is 11.3 Å². The fraction of sp³-hybridized carbons (Fsp3) is 0.370. The summed E-state index contributed by atoms with van der Waals surface area (Å²) in [6.07, 6.45) is -4.07. The van der Waals surface area contributed by atoms with Crippen LogP contribution >= 0.6 is 11.6 Å². The maximum absolute atomic E-state index is 12.8. The maximum Gasteiger partial charge on any atom is 0.425 e. The Morgan fingerprint density at radius 1 is 1.18 bits per heavy atom. The quantitative estimate of drug-likeness (QED) is 0.308. The highest BCUT2D eigenvalue weighted by molar-refractivity contribution is 6.32. The van der Waals surface area contributed by atoms with Gasteiger partial charge in [0.05, 0.1) is 10.7 Å². The third-order valence-electron chi connectivity index (χ3n) is 5.94. The minimum Gasteiger partial charge on any atom is -0.480 e. The minimum absolute atomic E-state index is 0.114. The number of carbonyl (C=O) groups excluding carboxylic acids is 2. The number of hydrogen-bond donors (Lipinski definition) is 2. The van der Waals surface area contributed by atoms with Crippen molar-refractivity contribution in [1.29, 1.82) is 0 Å². The molecule has 3 rings (SSSR count). The SMILES string of the molecule is CCn1cc(-c2ccc(CC(CCO)NC(=O)c3ccc(OC(C)C(F)(F)F)c(Cl)c3)cc2)nc1C(C)=O. The molecule has 7 nitrogen and oxygen atoms in total. The third-order valence-corrected chi connectivity index (χ3v) is 6.23. The van der Waals surface area contributed by atoms with Crippen molar-refractivity contribution in [3.63, 3.8) is 0 Å². The summed E-state index contributed by atoms with van der Waals surface area (Å²) in [5, 5.41) is 12.2. The lowest BCUT2D eigenvalue weighted by molar-refractivity contribution is -0.189. The first-order chi connectivity index (χ1) is 17.9. The summed E-state index contributed by atoms with van der Waals surface area (Å²) >= 11 is 6.06. The van der Waals surface area contributed by atoms with Crippen LogP contribution in [-0.4, -0.2) is 51.3 Å². The number of aliphatic hydroxyl groups is 1. The van der Waals surface area contributed by atoms with E-state index < -0.39 is 24.2 Å². The number of imidazole rings is 1. The molecule has 0 saturated carbocycles. The van der Waals surface area contributed by atoms with Crippen molar-refractivity contribution >= 4 is 23.3 Å². The molecule has 2 unspecified atom stereocenters. The summed E-state index contributed by atoms with van der Waals surface area (Å²) in [5.74, 6) is -0.387. The van der Waals surface area contributed by atoms with Crippen LogP contribution in [0, 0.1) is 0 Å². The second kappa shape index (κ2) is 12.4. The zero-order valence-corrected chi connectivity index (χ0v) is 21.9. The van der Waals surface area contributed by atoms with Crippen LogP contribution in [0.4, 0.5) is 13.2 Å². The molecule has 38 heavy (non-hydrogen) atoms. The summed E-state index contributed by atoms with van der Waals surface area (Å²) in [6.45, 7) is 4.73. The first-order valence-corrected chi connectivity index (χ1v) is 12.4. The molecule has 1 heterocycles. The number of alkyl halides is 3. The number of carbonyl (C=O) groups is 2. The number of halogens is 4. The number of Topliss-reactive ketones (excluding diaryl/α,β-unsaturated/α-hetero) is 1. The van der Waals surface area contributed by atoms with Crippen molar-refractivity contribution in [3.05, 3.63) is 70.6 Å². The van der Waals surface area contributed by atoms with E-state index >= 15 is 0 Å². The van der Waals surface area contributed by atoms with Gasteiger partial charge in [-0.1, -0.05) is 35.9 Å². The molecule has 0 spiro atoms. The van der Waals surface area contributed by atoms with E-state index in [1.807, 2.05) is 37.4 Å². The topological polar surface area (TPSA) is 93.4 Å². The van der Waals surface area contributed by atoms with Gasteiger partial charge >= 0.3 is 6.18 Å². The molecule has 0 saturated heterocycles. The Morgan fingerprint density at radius 2 is 1.87 bits per heavy atom. The van der Waals surface area contributed by atoms with Gasteiger partial charge in [0.2, 0.25) is 0 Å². The van der Waals surface area contributed by atoms with Crippen molar-refractivity contribution in [2.24, 2.45) is 0 Å². The summed E-state index contributed by atoms with van der Waals surface area (Å²) in [7, 11) is 0. The largest absolute Gasteiger partial charge is 0.480 e. The van der Waals surface area contributed by atoms with Crippen LogP contribution in [0.15, 0.2) is 48.7 Å². The van der Waals surface area contributed by atoms with Crippen LogP contribution in [0.1, 0.15) is 53.7 Å². The molecule has 204 valence electrons. The number of amides is 1. The first kappa shape index (κ1) is 29.2. The van der Waals surface area contributed by atoms with Gasteiger partial charge in [0.15, 0.2) is 17.7 Å². The van der Waals surface area contributed by atoms with E-state index in [4.69, 9.17) is 16.3 Å². The lowest BCUT2D eigenvalue weighted by Gasteiger charge is -2.20. The van der Waals surface area contributed by atoms with Crippen molar-refractivity contribution in [2.75, 3.05) is 6.61 Å². The van der Waals surface area contributed by atoms with E-state index in [0.717, 1.165) is 18.1 Å². The Balaban J connectivity index is 1.69. The lowest BCUT2D eigenvalue weighted by atomic mass is 10.0. The summed E-state index contributed by atoms with van der Waals surface area (Å²) in [5.41, 5.74) is 2.56. The number of hydrogen-bond acceptors (Lipinski definition) is 5. The lowest BCUT2D eigenvalue weighted by Crippen LogP contribution is -2.37. The standard InChI is InChI=1S/C27H29ClF3N3O4/c1-4-34-15-23(33-25(34)16(2)36)19-7-5-18(6-8-19)13-21(11-12-35)32-26(37)20-9-10-24(22(28)14-20)38-17(3)27(29,30)31/h5-10,14-15,17,21,35H,4,11-13H2,1-3H3,(H,32,37). The molecule has 0 fully saturated rings. The number of benzene rings is 2. The van der Waals surface area contributed by atoms with Crippen LogP contribution in [-0.2, 0) is 13.0 Å². The van der Waals surface area contributed by atoms with E-state index in [2.05, 4.69) is 10.3 Å². The smallest absolute Gasteiger partial charge is 0.425 e. The van der Waals surface area contributed by atoms with E-state index in [0.29, 0.717) is 24.5 Å². The molecule has 0 aliphatic carbocycles. The van der Waals surface area contributed by atoms with Gasteiger partial charge in [-0.2, -0.15) is 13.2 Å². The Labute approximate surface area is 223 Å². The Bertz CT molecular complexity index is 1280. The highest BCUT2D eigenvalue weighted by Gasteiger charge is 2.38. The van der Waals surface area contributed by atoms with Crippen LogP contribution < -0.4 is 10.1 Å². The zero-order valence-electron chi connectivity index (χ0n) is 21.2. The molecule has 2 atom stereocenters.